The Bertz CT molecular complexity index is 1540. The van der Waals surface area contributed by atoms with Gasteiger partial charge in [0.05, 0.1) is 58.3 Å². The maximum Gasteiger partial charge on any atom is 0.241 e. The van der Waals surface area contributed by atoms with Gasteiger partial charge in [0, 0.05) is 25.5 Å². The van der Waals surface area contributed by atoms with Crippen molar-refractivity contribution in [1.82, 2.24) is 39.6 Å². The number of aromatic nitrogens is 7. The summed E-state index contributed by atoms with van der Waals surface area (Å²) >= 11 is 0. The molecule has 38 heavy (non-hydrogen) atoms. The standard InChI is InChI=1S/C26H31N9O3/c1-15(14-36)35-23-13-33(4)12-16(2)38-26-24(17(3)31-34(26)5)21-10-19-20(29-30-22(19)11-28-21)7-6-18(23)25(32-35)37-9-8-27/h6-7,10-11,15-16,36H,9,12-14H2,1-5H3,(H,29,30)/b7-6+/t15-,16-/m0/s1. The first kappa shape index (κ1) is 25.4. The average Bonchev–Trinajstić information content (AvgIpc) is 3.53. The van der Waals surface area contributed by atoms with Gasteiger partial charge < -0.3 is 14.6 Å². The number of hydrogen-bond donors (Lipinski definition) is 2. The summed E-state index contributed by atoms with van der Waals surface area (Å²) in [6.07, 6.45) is 5.38. The van der Waals surface area contributed by atoms with Crippen molar-refractivity contribution < 1.29 is 14.6 Å². The predicted molar refractivity (Wildman–Crippen MR) is 141 cm³/mol. The fourth-order valence-corrected chi connectivity index (χ4v) is 4.85. The molecule has 0 aromatic carbocycles. The van der Waals surface area contributed by atoms with E-state index in [9.17, 15) is 5.11 Å². The lowest BCUT2D eigenvalue weighted by Crippen LogP contribution is -2.32. The molecule has 2 N–H and O–H groups in total. The minimum absolute atomic E-state index is 0.0961. The smallest absolute Gasteiger partial charge is 0.241 e. The van der Waals surface area contributed by atoms with Gasteiger partial charge in [-0.1, -0.05) is 0 Å². The van der Waals surface area contributed by atoms with Crippen LogP contribution in [0.25, 0.3) is 34.3 Å². The SMILES string of the molecule is Cc1nn(C)c2c1-c1cc3c(n[nH]c3cn1)/C=C/c1c(OCC#N)nn([C@@H](C)CO)c1CN(C)C[C@H](C)O2. The zero-order valence-corrected chi connectivity index (χ0v) is 22.1. The Kier molecular flexibility index (Phi) is 6.88. The fraction of sp³-hybridized carbons (Fsp3) is 0.423. The van der Waals surface area contributed by atoms with E-state index in [1.165, 1.54) is 0 Å². The summed E-state index contributed by atoms with van der Waals surface area (Å²) in [4.78, 5) is 6.80. The molecule has 12 heteroatoms. The van der Waals surface area contributed by atoms with Gasteiger partial charge in [0.2, 0.25) is 11.8 Å². The second-order valence-corrected chi connectivity index (χ2v) is 9.66. The first-order valence-electron chi connectivity index (χ1n) is 12.4. The van der Waals surface area contributed by atoms with E-state index in [2.05, 4.69) is 30.3 Å². The zero-order chi connectivity index (χ0) is 27.0. The highest BCUT2D eigenvalue weighted by Gasteiger charge is 2.25. The molecule has 0 radical (unpaired) electrons. The quantitative estimate of drug-likeness (QED) is 0.418. The van der Waals surface area contributed by atoms with E-state index in [1.54, 1.807) is 15.6 Å². The maximum absolute atomic E-state index is 9.93. The van der Waals surface area contributed by atoms with Crippen LogP contribution >= 0.6 is 0 Å². The number of ether oxygens (including phenoxy) is 2. The molecule has 0 spiro atoms. The molecule has 0 amide bonds. The number of aliphatic hydroxyl groups is 1. The van der Waals surface area contributed by atoms with Gasteiger partial charge in [-0.3, -0.25) is 19.7 Å². The van der Waals surface area contributed by atoms with Gasteiger partial charge in [-0.05, 0) is 46.0 Å². The summed E-state index contributed by atoms with van der Waals surface area (Å²) in [7, 11) is 3.87. The molecule has 4 aromatic rings. The van der Waals surface area contributed by atoms with Crippen LogP contribution in [-0.2, 0) is 13.6 Å². The molecule has 198 valence electrons. The van der Waals surface area contributed by atoms with Gasteiger partial charge in [0.25, 0.3) is 0 Å². The van der Waals surface area contributed by atoms with E-state index in [0.717, 1.165) is 39.1 Å². The third-order valence-corrected chi connectivity index (χ3v) is 6.58. The molecule has 5 heterocycles. The first-order chi connectivity index (χ1) is 18.3. The van der Waals surface area contributed by atoms with Crippen molar-refractivity contribution in [2.24, 2.45) is 7.05 Å². The number of aryl methyl sites for hydroxylation is 2. The summed E-state index contributed by atoms with van der Waals surface area (Å²) in [5.41, 5.74) is 5.49. The van der Waals surface area contributed by atoms with Crippen molar-refractivity contribution in [3.63, 3.8) is 0 Å². The molecule has 5 rings (SSSR count). The van der Waals surface area contributed by atoms with Crippen molar-refractivity contribution in [2.75, 3.05) is 26.8 Å². The number of pyridine rings is 1. The number of hydrogen-bond acceptors (Lipinski definition) is 9. The normalized spacial score (nSPS) is 17.7. The molecular weight excluding hydrogens is 486 g/mol. The number of nitrogens with one attached hydrogen (secondary N) is 1. The van der Waals surface area contributed by atoms with Crippen molar-refractivity contribution in [3.05, 3.63) is 34.9 Å². The highest BCUT2D eigenvalue weighted by atomic mass is 16.5. The molecule has 12 nitrogen and oxygen atoms in total. The van der Waals surface area contributed by atoms with Gasteiger partial charge in [0.15, 0.2) is 6.61 Å². The third kappa shape index (κ3) is 4.62. The van der Waals surface area contributed by atoms with Crippen molar-refractivity contribution in [1.29, 1.82) is 5.26 Å². The van der Waals surface area contributed by atoms with Gasteiger partial charge in [-0.25, -0.2) is 4.68 Å². The Hall–Kier alpha value is -4.21. The van der Waals surface area contributed by atoms with Gasteiger partial charge in [-0.15, -0.1) is 5.10 Å². The Morgan fingerprint density at radius 2 is 2.13 bits per heavy atom. The first-order valence-corrected chi connectivity index (χ1v) is 12.4. The average molecular weight is 518 g/mol. The largest absolute Gasteiger partial charge is 0.473 e. The van der Waals surface area contributed by atoms with Gasteiger partial charge in [0.1, 0.15) is 12.2 Å². The minimum Gasteiger partial charge on any atom is -0.473 e. The Morgan fingerprint density at radius 1 is 1.32 bits per heavy atom. The molecule has 2 atom stereocenters. The van der Waals surface area contributed by atoms with Gasteiger partial charge >= 0.3 is 0 Å². The number of rotatable bonds is 4. The maximum atomic E-state index is 9.93. The van der Waals surface area contributed by atoms with Crippen LogP contribution < -0.4 is 9.47 Å². The monoisotopic (exact) mass is 517 g/mol. The van der Waals surface area contributed by atoms with Crippen LogP contribution in [0.15, 0.2) is 12.3 Å². The number of H-pyrrole nitrogens is 1. The van der Waals surface area contributed by atoms with Crippen LogP contribution in [0.1, 0.15) is 42.5 Å². The summed E-state index contributed by atoms with van der Waals surface area (Å²) < 4.78 is 15.7. The molecule has 0 unspecified atom stereocenters. The lowest BCUT2D eigenvalue weighted by molar-refractivity contribution is 0.145. The second-order valence-electron chi connectivity index (χ2n) is 9.66. The van der Waals surface area contributed by atoms with Crippen LogP contribution in [0.5, 0.6) is 11.8 Å². The molecular formula is C26H31N9O3. The molecule has 0 saturated carbocycles. The predicted octanol–water partition coefficient (Wildman–Crippen LogP) is 2.70. The van der Waals surface area contributed by atoms with Crippen LogP contribution in [0, 0.1) is 18.3 Å². The fourth-order valence-electron chi connectivity index (χ4n) is 4.85. The summed E-state index contributed by atoms with van der Waals surface area (Å²) in [6, 6.07) is 3.70. The van der Waals surface area contributed by atoms with Gasteiger partial charge in [-0.2, -0.15) is 15.5 Å². The molecule has 0 saturated heterocycles. The van der Waals surface area contributed by atoms with Crippen molar-refractivity contribution in [3.8, 4) is 29.1 Å². The summed E-state index contributed by atoms with van der Waals surface area (Å²) in [5.74, 6) is 0.981. The van der Waals surface area contributed by atoms with Crippen LogP contribution in [0.3, 0.4) is 0 Å². The molecule has 4 aromatic heterocycles. The lowest BCUT2D eigenvalue weighted by atomic mass is 10.1. The lowest BCUT2D eigenvalue weighted by Gasteiger charge is -2.24. The third-order valence-electron chi connectivity index (χ3n) is 6.58. The molecule has 1 aliphatic rings. The minimum atomic E-state index is -0.291. The van der Waals surface area contributed by atoms with E-state index in [1.807, 2.05) is 59.2 Å². The Labute approximate surface area is 220 Å². The van der Waals surface area contributed by atoms with E-state index >= 15 is 0 Å². The molecule has 1 aliphatic heterocycles. The number of nitrogens with zero attached hydrogens (tertiary/aromatic N) is 8. The number of aromatic amines is 1. The summed E-state index contributed by atoms with van der Waals surface area (Å²) in [5, 5.41) is 36.7. The van der Waals surface area contributed by atoms with E-state index < -0.39 is 0 Å². The molecule has 0 fully saturated rings. The van der Waals surface area contributed by atoms with Crippen LogP contribution in [-0.4, -0.2) is 77.7 Å². The molecule has 2 bridgehead atoms. The Morgan fingerprint density at radius 3 is 2.89 bits per heavy atom. The van der Waals surface area contributed by atoms with Crippen molar-refractivity contribution in [2.45, 2.75) is 39.5 Å². The summed E-state index contributed by atoms with van der Waals surface area (Å²) in [6.45, 7) is 6.72. The van der Waals surface area contributed by atoms with Crippen LogP contribution in [0.4, 0.5) is 0 Å². The highest BCUT2D eigenvalue weighted by molar-refractivity contribution is 5.92. The number of fused-ring (bicyclic) bond motifs is 4. The Balaban J connectivity index is 1.71. The van der Waals surface area contributed by atoms with E-state index in [0.29, 0.717) is 30.5 Å². The topological polar surface area (TPSA) is 143 Å². The molecule has 0 aliphatic carbocycles. The zero-order valence-electron chi connectivity index (χ0n) is 22.1. The number of aliphatic hydroxyl groups excluding tert-OH is 1. The van der Waals surface area contributed by atoms with Crippen molar-refractivity contribution >= 4 is 23.1 Å². The number of nitriles is 1. The number of likely N-dealkylation sites (N-methyl/N-ethyl adjacent to an activating group) is 1. The van der Waals surface area contributed by atoms with E-state index in [4.69, 9.17) is 14.7 Å². The van der Waals surface area contributed by atoms with E-state index in [-0.39, 0.29) is 25.4 Å². The second kappa shape index (κ2) is 10.3. The highest BCUT2D eigenvalue weighted by Crippen LogP contribution is 2.35. The van der Waals surface area contributed by atoms with Crippen LogP contribution in [0.2, 0.25) is 0 Å².